The minimum Gasteiger partial charge on any atom is -0.321 e. The van der Waals surface area contributed by atoms with Crippen LogP contribution in [0.4, 0.5) is 15.8 Å². The third kappa shape index (κ3) is 6.83. The maximum Gasteiger partial charge on any atom is 0.272 e. The van der Waals surface area contributed by atoms with Crippen molar-refractivity contribution >= 4 is 29.3 Å². The highest BCUT2D eigenvalue weighted by Gasteiger charge is 2.16. The van der Waals surface area contributed by atoms with Gasteiger partial charge < -0.3 is 10.6 Å². The summed E-state index contributed by atoms with van der Waals surface area (Å²) in [5.74, 6) is -1.54. The number of unbranched alkanes of at least 4 members (excludes halogenated alkanes) is 1. The van der Waals surface area contributed by atoms with E-state index < -0.39 is 22.6 Å². The molecule has 0 saturated heterocycles. The maximum absolute atomic E-state index is 13.3. The van der Waals surface area contributed by atoms with Gasteiger partial charge in [0.1, 0.15) is 11.5 Å². The van der Waals surface area contributed by atoms with Crippen LogP contribution in [0, 0.1) is 15.9 Å². The normalized spacial score (nSPS) is 11.1. The number of hydrogen-bond acceptors (Lipinski definition) is 4. The molecule has 0 aromatic heterocycles. The molecule has 3 aromatic rings. The first-order valence-corrected chi connectivity index (χ1v) is 10.8. The number of aryl methyl sites for hydroxylation is 1. The fraction of sp³-hybridized carbons (Fsp3) is 0.154. The number of nitro benzene ring substituents is 1. The van der Waals surface area contributed by atoms with Crippen LogP contribution < -0.4 is 10.6 Å². The average molecular weight is 461 g/mol. The molecule has 3 rings (SSSR count). The molecule has 0 spiro atoms. The third-order valence-electron chi connectivity index (χ3n) is 5.04. The number of hydrogen-bond donors (Lipinski definition) is 2. The lowest BCUT2D eigenvalue weighted by atomic mass is 10.1. The van der Waals surface area contributed by atoms with Crippen molar-refractivity contribution < 1.29 is 18.9 Å². The topological polar surface area (TPSA) is 101 Å². The minimum atomic E-state index is -0.633. The van der Waals surface area contributed by atoms with Gasteiger partial charge in [0.2, 0.25) is 0 Å². The molecule has 0 aliphatic carbocycles. The highest BCUT2D eigenvalue weighted by Crippen LogP contribution is 2.17. The van der Waals surface area contributed by atoms with E-state index in [9.17, 15) is 24.1 Å². The van der Waals surface area contributed by atoms with Crippen molar-refractivity contribution in [3.05, 3.63) is 111 Å². The predicted octanol–water partition coefficient (Wildman–Crippen LogP) is 5.49. The highest BCUT2D eigenvalue weighted by atomic mass is 19.1. The summed E-state index contributed by atoms with van der Waals surface area (Å²) in [4.78, 5) is 36.1. The van der Waals surface area contributed by atoms with Crippen LogP contribution in [0.5, 0.6) is 0 Å². The van der Waals surface area contributed by atoms with E-state index in [2.05, 4.69) is 17.6 Å². The van der Waals surface area contributed by atoms with Gasteiger partial charge in [-0.25, -0.2) is 4.39 Å². The van der Waals surface area contributed by atoms with E-state index in [0.717, 1.165) is 24.8 Å². The molecule has 2 amide bonds. The molecule has 0 aliphatic rings. The summed E-state index contributed by atoms with van der Waals surface area (Å²) in [7, 11) is 0. The van der Waals surface area contributed by atoms with Crippen molar-refractivity contribution in [1.29, 1.82) is 0 Å². The summed E-state index contributed by atoms with van der Waals surface area (Å²) < 4.78 is 13.3. The van der Waals surface area contributed by atoms with Gasteiger partial charge in [-0.15, -0.1) is 0 Å². The monoisotopic (exact) mass is 461 g/mol. The van der Waals surface area contributed by atoms with E-state index in [-0.39, 0.29) is 11.4 Å². The Bertz CT molecular complexity index is 1190. The predicted molar refractivity (Wildman–Crippen MR) is 129 cm³/mol. The van der Waals surface area contributed by atoms with Crippen LogP contribution in [0.25, 0.3) is 6.08 Å². The Morgan fingerprint density at radius 3 is 2.21 bits per heavy atom. The van der Waals surface area contributed by atoms with Crippen molar-refractivity contribution in [3.8, 4) is 0 Å². The van der Waals surface area contributed by atoms with Gasteiger partial charge >= 0.3 is 0 Å². The molecule has 0 aliphatic heterocycles. The molecule has 0 radical (unpaired) electrons. The van der Waals surface area contributed by atoms with Gasteiger partial charge in [-0.3, -0.25) is 19.7 Å². The van der Waals surface area contributed by atoms with Gasteiger partial charge in [0.15, 0.2) is 0 Å². The second kappa shape index (κ2) is 11.5. The highest BCUT2D eigenvalue weighted by molar-refractivity contribution is 6.10. The van der Waals surface area contributed by atoms with Crippen LogP contribution in [-0.4, -0.2) is 16.7 Å². The third-order valence-corrected chi connectivity index (χ3v) is 5.04. The zero-order valence-corrected chi connectivity index (χ0v) is 18.6. The van der Waals surface area contributed by atoms with Crippen molar-refractivity contribution in [2.24, 2.45) is 0 Å². The Morgan fingerprint density at radius 1 is 0.971 bits per heavy atom. The van der Waals surface area contributed by atoms with Crippen LogP contribution in [0.1, 0.15) is 41.3 Å². The summed E-state index contributed by atoms with van der Waals surface area (Å²) in [6.45, 7) is 2.11. The van der Waals surface area contributed by atoms with E-state index in [0.29, 0.717) is 16.8 Å². The number of carbonyl (C=O) groups is 2. The minimum absolute atomic E-state index is 0.0648. The van der Waals surface area contributed by atoms with E-state index in [1.807, 2.05) is 12.1 Å². The Balaban J connectivity index is 1.81. The van der Waals surface area contributed by atoms with E-state index in [1.165, 1.54) is 54.6 Å². The van der Waals surface area contributed by atoms with Gasteiger partial charge in [0.05, 0.1) is 4.92 Å². The second-order valence-electron chi connectivity index (χ2n) is 7.62. The molecular formula is C26H24FN3O4. The van der Waals surface area contributed by atoms with Gasteiger partial charge in [-0.2, -0.15) is 0 Å². The number of nitrogens with zero attached hydrogens (tertiary/aromatic N) is 1. The van der Waals surface area contributed by atoms with Gasteiger partial charge in [0, 0.05) is 23.4 Å². The smallest absolute Gasteiger partial charge is 0.272 e. The number of nitro groups is 1. The standard InChI is InChI=1S/C26H24FN3O4/c1-2-3-4-18-5-9-20(10-6-18)25(31)29-24(17-19-7-11-21(27)12-8-19)26(32)28-22-13-15-23(16-14-22)30(33)34/h5-17H,2-4H2,1H3,(H,28,32)(H,29,31). The van der Waals surface area contributed by atoms with Crippen molar-refractivity contribution in [2.45, 2.75) is 26.2 Å². The Kier molecular flexibility index (Phi) is 8.23. The first-order valence-electron chi connectivity index (χ1n) is 10.8. The molecule has 0 heterocycles. The molecule has 0 fully saturated rings. The Labute approximate surface area is 196 Å². The SMILES string of the molecule is CCCCc1ccc(C(=O)NC(=Cc2ccc(F)cc2)C(=O)Nc2ccc([N+](=O)[O-])cc2)cc1. The summed E-state index contributed by atoms with van der Waals surface area (Å²) >= 11 is 0. The van der Waals surface area contributed by atoms with Crippen LogP contribution in [0.2, 0.25) is 0 Å². The Morgan fingerprint density at radius 2 is 1.62 bits per heavy atom. The molecule has 0 bridgehead atoms. The summed E-state index contributed by atoms with van der Waals surface area (Å²) in [5, 5.41) is 16.1. The first-order chi connectivity index (χ1) is 16.4. The lowest BCUT2D eigenvalue weighted by molar-refractivity contribution is -0.384. The molecule has 34 heavy (non-hydrogen) atoms. The van der Waals surface area contributed by atoms with Crippen LogP contribution >= 0.6 is 0 Å². The summed E-state index contributed by atoms with van der Waals surface area (Å²) in [6, 6.07) is 17.9. The Hall–Kier alpha value is -4.33. The van der Waals surface area contributed by atoms with Crippen molar-refractivity contribution in [2.75, 3.05) is 5.32 Å². The van der Waals surface area contributed by atoms with Crippen molar-refractivity contribution in [1.82, 2.24) is 5.32 Å². The number of amides is 2. The fourth-order valence-corrected chi connectivity index (χ4v) is 3.15. The molecular weight excluding hydrogens is 437 g/mol. The lowest BCUT2D eigenvalue weighted by Crippen LogP contribution is -2.30. The van der Waals surface area contributed by atoms with Crippen LogP contribution in [-0.2, 0) is 11.2 Å². The number of rotatable bonds is 9. The second-order valence-corrected chi connectivity index (χ2v) is 7.62. The zero-order valence-electron chi connectivity index (χ0n) is 18.6. The van der Waals surface area contributed by atoms with Crippen LogP contribution in [0.3, 0.4) is 0 Å². The maximum atomic E-state index is 13.3. The number of halogens is 1. The number of benzene rings is 3. The molecule has 0 saturated carbocycles. The molecule has 0 atom stereocenters. The largest absolute Gasteiger partial charge is 0.321 e. The average Bonchev–Trinajstić information content (AvgIpc) is 2.84. The van der Waals surface area contributed by atoms with Gasteiger partial charge in [-0.05, 0) is 66.4 Å². The van der Waals surface area contributed by atoms with E-state index in [4.69, 9.17) is 0 Å². The first kappa shape index (κ1) is 24.3. The van der Waals surface area contributed by atoms with Crippen molar-refractivity contribution in [3.63, 3.8) is 0 Å². The molecule has 8 heteroatoms. The molecule has 2 N–H and O–H groups in total. The van der Waals surface area contributed by atoms with Gasteiger partial charge in [0.25, 0.3) is 17.5 Å². The van der Waals surface area contributed by atoms with E-state index in [1.54, 1.807) is 12.1 Å². The molecule has 0 unspecified atom stereocenters. The number of carbonyl (C=O) groups excluding carboxylic acids is 2. The quantitative estimate of drug-likeness (QED) is 0.250. The molecule has 3 aromatic carbocycles. The number of anilines is 1. The van der Waals surface area contributed by atoms with Gasteiger partial charge in [-0.1, -0.05) is 37.6 Å². The number of non-ortho nitro benzene ring substituents is 1. The van der Waals surface area contributed by atoms with Crippen LogP contribution in [0.15, 0.2) is 78.5 Å². The van der Waals surface area contributed by atoms with E-state index >= 15 is 0 Å². The summed E-state index contributed by atoms with van der Waals surface area (Å²) in [6.07, 6.45) is 4.47. The fourth-order valence-electron chi connectivity index (χ4n) is 3.15. The molecule has 7 nitrogen and oxygen atoms in total. The zero-order chi connectivity index (χ0) is 24.5. The molecule has 174 valence electrons. The number of nitrogens with one attached hydrogen (secondary N) is 2. The summed E-state index contributed by atoms with van der Waals surface area (Å²) in [5.41, 5.74) is 2.14. The lowest BCUT2D eigenvalue weighted by Gasteiger charge is -2.12.